The summed E-state index contributed by atoms with van der Waals surface area (Å²) < 4.78 is 7.64. The molecule has 4 rings (SSSR count). The van der Waals surface area contributed by atoms with Gasteiger partial charge in [0.05, 0.1) is 24.8 Å². The molecule has 0 saturated carbocycles. The number of aryl methyl sites for hydroxylation is 1. The summed E-state index contributed by atoms with van der Waals surface area (Å²) >= 11 is 0. The van der Waals surface area contributed by atoms with Gasteiger partial charge in [0.15, 0.2) is 0 Å². The summed E-state index contributed by atoms with van der Waals surface area (Å²) in [5.74, 6) is -0.0751. The Morgan fingerprint density at radius 2 is 2.00 bits per heavy atom. The van der Waals surface area contributed by atoms with Crippen molar-refractivity contribution in [2.24, 2.45) is 7.05 Å². The van der Waals surface area contributed by atoms with Gasteiger partial charge in [-0.2, -0.15) is 5.10 Å². The van der Waals surface area contributed by atoms with E-state index in [4.69, 9.17) is 4.74 Å². The summed E-state index contributed by atoms with van der Waals surface area (Å²) in [4.78, 5) is 28.8. The molecular weight excluding hydrogens is 332 g/mol. The maximum Gasteiger partial charge on any atom is 0.257 e. The number of morpholine rings is 1. The van der Waals surface area contributed by atoms with Crippen molar-refractivity contribution < 1.29 is 14.3 Å². The normalized spacial score (nSPS) is 23.1. The summed E-state index contributed by atoms with van der Waals surface area (Å²) in [7, 11) is 1.82. The average molecular weight is 354 g/mol. The highest BCUT2D eigenvalue weighted by molar-refractivity contribution is 5.96. The van der Waals surface area contributed by atoms with Gasteiger partial charge in [-0.1, -0.05) is 18.2 Å². The van der Waals surface area contributed by atoms with E-state index in [0.29, 0.717) is 31.6 Å². The Bertz CT molecular complexity index is 848. The van der Waals surface area contributed by atoms with Crippen LogP contribution in [0, 0.1) is 6.92 Å². The fraction of sp³-hybridized carbons (Fsp3) is 0.421. The molecule has 136 valence electrons. The number of carbonyl (C=O) groups excluding carboxylic acids is 2. The lowest BCUT2D eigenvalue weighted by Gasteiger charge is -2.40. The molecule has 7 nitrogen and oxygen atoms in total. The van der Waals surface area contributed by atoms with Gasteiger partial charge in [0.2, 0.25) is 0 Å². The molecule has 26 heavy (non-hydrogen) atoms. The number of carbonyl (C=O) groups is 2. The van der Waals surface area contributed by atoms with Crippen LogP contribution < -0.4 is 4.90 Å². The van der Waals surface area contributed by atoms with Crippen molar-refractivity contribution >= 4 is 17.5 Å². The minimum absolute atomic E-state index is 0.0285. The van der Waals surface area contributed by atoms with Crippen LogP contribution in [-0.4, -0.2) is 58.3 Å². The molecule has 3 heterocycles. The SMILES string of the molecule is Cc1c(C(=O)N2CCC3(C2)CN(c2ccccc2)C(=O)CO3)cnn1C. The standard InChI is InChI=1S/C19H22N4O3/c1-14-16(10-20-21(14)2)18(25)22-9-8-19(12-22)13-23(17(24)11-26-19)15-6-4-3-5-7-15/h3-7,10H,8-9,11-13H2,1-2H3. The first-order valence-electron chi connectivity index (χ1n) is 8.76. The Morgan fingerprint density at radius 3 is 2.69 bits per heavy atom. The van der Waals surface area contributed by atoms with Crippen LogP contribution in [0.15, 0.2) is 36.5 Å². The van der Waals surface area contributed by atoms with Crippen molar-refractivity contribution in [3.05, 3.63) is 47.8 Å². The number of ether oxygens (including phenoxy) is 1. The molecule has 0 radical (unpaired) electrons. The number of rotatable bonds is 2. The van der Waals surface area contributed by atoms with Gasteiger partial charge in [0.25, 0.3) is 11.8 Å². The van der Waals surface area contributed by atoms with Crippen molar-refractivity contribution in [1.29, 1.82) is 0 Å². The first kappa shape index (κ1) is 16.8. The lowest BCUT2D eigenvalue weighted by Crippen LogP contribution is -2.56. The molecule has 0 N–H and O–H groups in total. The molecule has 0 bridgehead atoms. The maximum absolute atomic E-state index is 12.9. The summed E-state index contributed by atoms with van der Waals surface area (Å²) in [6, 6.07) is 9.61. The molecule has 1 spiro atoms. The zero-order chi connectivity index (χ0) is 18.3. The molecule has 1 aromatic carbocycles. The van der Waals surface area contributed by atoms with Gasteiger partial charge in [-0.3, -0.25) is 14.3 Å². The minimum Gasteiger partial charge on any atom is -0.361 e. The topological polar surface area (TPSA) is 67.7 Å². The Hall–Kier alpha value is -2.67. The molecule has 0 aliphatic carbocycles. The third-order valence-corrected chi connectivity index (χ3v) is 5.39. The van der Waals surface area contributed by atoms with Gasteiger partial charge < -0.3 is 14.5 Å². The van der Waals surface area contributed by atoms with E-state index < -0.39 is 5.60 Å². The van der Waals surface area contributed by atoms with Crippen LogP contribution in [0.3, 0.4) is 0 Å². The highest BCUT2D eigenvalue weighted by Gasteiger charge is 2.47. The van der Waals surface area contributed by atoms with Crippen LogP contribution in [0.1, 0.15) is 22.5 Å². The first-order valence-corrected chi connectivity index (χ1v) is 8.76. The number of para-hydroxylation sites is 1. The van der Waals surface area contributed by atoms with Gasteiger partial charge in [-0.05, 0) is 25.5 Å². The maximum atomic E-state index is 12.9. The lowest BCUT2D eigenvalue weighted by molar-refractivity contribution is -0.137. The number of benzene rings is 1. The van der Waals surface area contributed by atoms with E-state index in [1.165, 1.54) is 0 Å². The molecule has 2 aliphatic heterocycles. The third-order valence-electron chi connectivity index (χ3n) is 5.39. The van der Waals surface area contributed by atoms with E-state index in [2.05, 4.69) is 5.10 Å². The Balaban J connectivity index is 1.52. The van der Waals surface area contributed by atoms with E-state index in [9.17, 15) is 9.59 Å². The van der Waals surface area contributed by atoms with Crippen LogP contribution in [0.25, 0.3) is 0 Å². The monoisotopic (exact) mass is 354 g/mol. The first-order chi connectivity index (χ1) is 12.5. The fourth-order valence-corrected chi connectivity index (χ4v) is 3.70. The Morgan fingerprint density at radius 1 is 1.23 bits per heavy atom. The number of nitrogens with zero attached hydrogens (tertiary/aromatic N) is 4. The lowest BCUT2D eigenvalue weighted by atomic mass is 10.00. The summed E-state index contributed by atoms with van der Waals surface area (Å²) in [5.41, 5.74) is 1.83. The molecule has 2 aliphatic rings. The predicted molar refractivity (Wildman–Crippen MR) is 95.9 cm³/mol. The van der Waals surface area contributed by atoms with E-state index in [0.717, 1.165) is 11.4 Å². The van der Waals surface area contributed by atoms with Gasteiger partial charge in [-0.15, -0.1) is 0 Å². The molecular formula is C19H22N4O3. The van der Waals surface area contributed by atoms with Gasteiger partial charge in [-0.25, -0.2) is 0 Å². The number of likely N-dealkylation sites (tertiary alicyclic amines) is 1. The number of aromatic nitrogens is 2. The molecule has 2 fully saturated rings. The molecule has 1 aromatic heterocycles. The Labute approximate surface area is 152 Å². The van der Waals surface area contributed by atoms with Crippen molar-refractivity contribution in [2.75, 3.05) is 31.1 Å². The summed E-state index contributed by atoms with van der Waals surface area (Å²) in [6.45, 7) is 3.49. The molecule has 1 atom stereocenters. The number of hydrogen-bond acceptors (Lipinski definition) is 4. The number of anilines is 1. The minimum atomic E-state index is -0.504. The van der Waals surface area contributed by atoms with E-state index in [1.807, 2.05) is 49.2 Å². The van der Waals surface area contributed by atoms with Crippen molar-refractivity contribution in [2.45, 2.75) is 18.9 Å². The van der Waals surface area contributed by atoms with Gasteiger partial charge in [0, 0.05) is 25.0 Å². The predicted octanol–water partition coefficient (Wildman–Crippen LogP) is 1.38. The Kier molecular flexibility index (Phi) is 4.03. The van der Waals surface area contributed by atoms with E-state index >= 15 is 0 Å². The molecule has 7 heteroatoms. The second-order valence-electron chi connectivity index (χ2n) is 7.03. The second-order valence-corrected chi connectivity index (χ2v) is 7.03. The molecule has 2 saturated heterocycles. The quantitative estimate of drug-likeness (QED) is 0.817. The highest BCUT2D eigenvalue weighted by Crippen LogP contribution is 2.32. The smallest absolute Gasteiger partial charge is 0.257 e. The molecule has 2 amide bonds. The van der Waals surface area contributed by atoms with Crippen LogP contribution >= 0.6 is 0 Å². The van der Waals surface area contributed by atoms with Crippen molar-refractivity contribution in [1.82, 2.24) is 14.7 Å². The summed E-state index contributed by atoms with van der Waals surface area (Å²) in [5, 5.41) is 4.16. The number of hydrogen-bond donors (Lipinski definition) is 0. The second kappa shape index (κ2) is 6.25. The van der Waals surface area contributed by atoms with Crippen molar-refractivity contribution in [3.63, 3.8) is 0 Å². The fourth-order valence-electron chi connectivity index (χ4n) is 3.70. The summed E-state index contributed by atoms with van der Waals surface area (Å²) in [6.07, 6.45) is 2.33. The van der Waals surface area contributed by atoms with Gasteiger partial charge >= 0.3 is 0 Å². The largest absolute Gasteiger partial charge is 0.361 e. The average Bonchev–Trinajstić information content (AvgIpc) is 3.22. The van der Waals surface area contributed by atoms with Crippen molar-refractivity contribution in [3.8, 4) is 0 Å². The van der Waals surface area contributed by atoms with Crippen LogP contribution in [0.5, 0.6) is 0 Å². The zero-order valence-electron chi connectivity index (χ0n) is 15.0. The highest BCUT2D eigenvalue weighted by atomic mass is 16.5. The zero-order valence-corrected chi connectivity index (χ0v) is 15.0. The molecule has 1 unspecified atom stereocenters. The molecule has 2 aromatic rings. The van der Waals surface area contributed by atoms with Gasteiger partial charge in [0.1, 0.15) is 12.2 Å². The third kappa shape index (κ3) is 2.78. The number of amides is 2. The van der Waals surface area contributed by atoms with E-state index in [-0.39, 0.29) is 18.4 Å². The van der Waals surface area contributed by atoms with Crippen LogP contribution in [0.2, 0.25) is 0 Å². The van der Waals surface area contributed by atoms with Crippen LogP contribution in [-0.2, 0) is 16.6 Å². The van der Waals surface area contributed by atoms with Crippen LogP contribution in [0.4, 0.5) is 5.69 Å². The van der Waals surface area contributed by atoms with E-state index in [1.54, 1.807) is 15.8 Å².